The smallest absolute Gasteiger partial charge is 0.187 e. The van der Waals surface area contributed by atoms with Crippen molar-refractivity contribution in [1.82, 2.24) is 20.2 Å². The molecule has 0 atom stereocenters. The van der Waals surface area contributed by atoms with Crippen molar-refractivity contribution in [3.63, 3.8) is 0 Å². The van der Waals surface area contributed by atoms with E-state index in [9.17, 15) is 0 Å². The van der Waals surface area contributed by atoms with Gasteiger partial charge in [0.2, 0.25) is 0 Å². The number of nitrogen functional groups attached to an aromatic ring is 2. The average Bonchev–Trinajstić information content (AvgIpc) is 2.90. The maximum atomic E-state index is 6.00. The van der Waals surface area contributed by atoms with Crippen LogP contribution in [-0.4, -0.2) is 20.2 Å². The van der Waals surface area contributed by atoms with Gasteiger partial charge < -0.3 is 11.5 Å². The number of aromatic nitrogens is 4. The molecule has 106 valence electrons. The Morgan fingerprint density at radius 2 is 1.76 bits per heavy atom. The van der Waals surface area contributed by atoms with E-state index in [0.717, 1.165) is 15.7 Å². The number of anilines is 2. The van der Waals surface area contributed by atoms with Crippen LogP contribution in [0.15, 0.2) is 40.9 Å². The molecule has 0 saturated carbocycles. The molecule has 0 saturated heterocycles. The minimum absolute atomic E-state index is 0.545. The molecule has 3 rings (SSSR count). The second kappa shape index (κ2) is 5.34. The first-order valence-electron chi connectivity index (χ1n) is 5.95. The topological polar surface area (TPSA) is 95.6 Å². The highest BCUT2D eigenvalue weighted by Gasteiger charge is 2.12. The van der Waals surface area contributed by atoms with E-state index in [4.69, 9.17) is 23.1 Å². The van der Waals surface area contributed by atoms with Crippen molar-refractivity contribution in [3.8, 4) is 17.1 Å². The van der Waals surface area contributed by atoms with Crippen molar-refractivity contribution in [2.45, 2.75) is 0 Å². The number of benzene rings is 2. The highest BCUT2D eigenvalue weighted by Crippen LogP contribution is 2.28. The summed E-state index contributed by atoms with van der Waals surface area (Å²) in [5, 5.41) is 12.4. The average molecular weight is 366 g/mol. The lowest BCUT2D eigenvalue weighted by molar-refractivity contribution is 0.791. The summed E-state index contributed by atoms with van der Waals surface area (Å²) in [4.78, 5) is 0. The molecule has 4 N–H and O–H groups in total. The van der Waals surface area contributed by atoms with E-state index in [-0.39, 0.29) is 0 Å². The summed E-state index contributed by atoms with van der Waals surface area (Å²) in [6, 6.07) is 10.6. The predicted molar refractivity (Wildman–Crippen MR) is 86.1 cm³/mol. The molecule has 21 heavy (non-hydrogen) atoms. The molecule has 0 aliphatic heterocycles. The zero-order valence-electron chi connectivity index (χ0n) is 10.7. The van der Waals surface area contributed by atoms with Gasteiger partial charge in [-0.1, -0.05) is 11.6 Å². The van der Waals surface area contributed by atoms with Gasteiger partial charge in [-0.2, -0.15) is 4.68 Å². The summed E-state index contributed by atoms with van der Waals surface area (Å²) in [5.74, 6) is 0.545. The highest BCUT2D eigenvalue weighted by atomic mass is 79.9. The number of nitrogens with two attached hydrogens (primary N) is 2. The van der Waals surface area contributed by atoms with E-state index in [2.05, 4.69) is 31.5 Å². The van der Waals surface area contributed by atoms with Crippen LogP contribution in [0, 0.1) is 0 Å². The first-order valence-corrected chi connectivity index (χ1v) is 7.12. The SMILES string of the molecule is Nc1cc(N)cc(-c2nnnn2-c2ccc(Cl)c(Br)c2)c1. The van der Waals surface area contributed by atoms with Crippen LogP contribution in [0.1, 0.15) is 0 Å². The Morgan fingerprint density at radius 1 is 1.05 bits per heavy atom. The molecule has 8 heteroatoms. The summed E-state index contributed by atoms with van der Waals surface area (Å²) in [5.41, 5.74) is 14.2. The Kier molecular flexibility index (Phi) is 3.52. The third-order valence-corrected chi connectivity index (χ3v) is 4.07. The van der Waals surface area contributed by atoms with Gasteiger partial charge in [0.25, 0.3) is 0 Å². The number of nitrogens with zero attached hydrogens (tertiary/aromatic N) is 4. The lowest BCUT2D eigenvalue weighted by atomic mass is 10.1. The maximum absolute atomic E-state index is 6.00. The van der Waals surface area contributed by atoms with E-state index < -0.39 is 0 Å². The molecule has 0 bridgehead atoms. The molecular weight excluding hydrogens is 356 g/mol. The second-order valence-corrected chi connectivity index (χ2v) is 5.66. The van der Waals surface area contributed by atoms with Crippen LogP contribution in [0.2, 0.25) is 5.02 Å². The van der Waals surface area contributed by atoms with Crippen LogP contribution in [-0.2, 0) is 0 Å². The number of halogens is 2. The summed E-state index contributed by atoms with van der Waals surface area (Å²) in [6.07, 6.45) is 0. The standard InChI is InChI=1S/C13H10BrClN6/c14-11-6-10(1-2-12(11)15)21-13(18-19-20-21)7-3-8(16)5-9(17)4-7/h1-6H,16-17H2. The van der Waals surface area contributed by atoms with E-state index in [1.54, 1.807) is 28.9 Å². The van der Waals surface area contributed by atoms with Gasteiger partial charge in [0.05, 0.1) is 10.7 Å². The molecule has 0 fully saturated rings. The van der Waals surface area contributed by atoms with Gasteiger partial charge >= 0.3 is 0 Å². The van der Waals surface area contributed by atoms with Gasteiger partial charge in [0.1, 0.15) is 0 Å². The Morgan fingerprint density at radius 3 is 2.43 bits per heavy atom. The van der Waals surface area contributed by atoms with Gasteiger partial charge in [-0.15, -0.1) is 5.10 Å². The van der Waals surface area contributed by atoms with Crippen molar-refractivity contribution in [3.05, 3.63) is 45.9 Å². The molecule has 0 radical (unpaired) electrons. The van der Waals surface area contributed by atoms with Crippen LogP contribution in [0.5, 0.6) is 0 Å². The fourth-order valence-electron chi connectivity index (χ4n) is 1.96. The fourth-order valence-corrected chi connectivity index (χ4v) is 2.45. The van der Waals surface area contributed by atoms with Crippen LogP contribution in [0.25, 0.3) is 17.1 Å². The van der Waals surface area contributed by atoms with E-state index in [1.807, 2.05) is 12.1 Å². The van der Waals surface area contributed by atoms with Crippen LogP contribution >= 0.6 is 27.5 Å². The van der Waals surface area contributed by atoms with Gasteiger partial charge in [0, 0.05) is 21.4 Å². The lowest BCUT2D eigenvalue weighted by Gasteiger charge is -2.07. The summed E-state index contributed by atoms with van der Waals surface area (Å²) in [7, 11) is 0. The number of hydrogen-bond donors (Lipinski definition) is 2. The van der Waals surface area contributed by atoms with Crippen molar-refractivity contribution in [1.29, 1.82) is 0 Å². The zero-order valence-corrected chi connectivity index (χ0v) is 13.0. The molecule has 1 heterocycles. The minimum atomic E-state index is 0.545. The molecule has 6 nitrogen and oxygen atoms in total. The van der Waals surface area contributed by atoms with Crippen LogP contribution in [0.4, 0.5) is 11.4 Å². The van der Waals surface area contributed by atoms with Gasteiger partial charge in [-0.3, -0.25) is 0 Å². The molecule has 0 amide bonds. The summed E-state index contributed by atoms with van der Waals surface area (Å²) >= 11 is 9.38. The third kappa shape index (κ3) is 2.70. The Hall–Kier alpha value is -2.12. The Balaban J connectivity index is 2.14. The van der Waals surface area contributed by atoms with Crippen molar-refractivity contribution >= 4 is 38.9 Å². The molecule has 0 aliphatic rings. The van der Waals surface area contributed by atoms with E-state index >= 15 is 0 Å². The number of hydrogen-bond acceptors (Lipinski definition) is 5. The number of tetrazole rings is 1. The zero-order chi connectivity index (χ0) is 15.0. The van der Waals surface area contributed by atoms with E-state index in [1.165, 1.54) is 0 Å². The monoisotopic (exact) mass is 364 g/mol. The van der Waals surface area contributed by atoms with Crippen LogP contribution in [0.3, 0.4) is 0 Å². The largest absolute Gasteiger partial charge is 0.399 e. The molecule has 1 aromatic heterocycles. The lowest BCUT2D eigenvalue weighted by Crippen LogP contribution is -2.01. The van der Waals surface area contributed by atoms with Crippen molar-refractivity contribution in [2.24, 2.45) is 0 Å². The van der Waals surface area contributed by atoms with Gasteiger partial charge in [-0.05, 0) is 62.8 Å². The highest BCUT2D eigenvalue weighted by molar-refractivity contribution is 9.10. The third-order valence-electron chi connectivity index (χ3n) is 2.85. The normalized spacial score (nSPS) is 10.8. The second-order valence-electron chi connectivity index (χ2n) is 4.40. The Labute approximate surface area is 133 Å². The quantitative estimate of drug-likeness (QED) is 0.681. The first kappa shape index (κ1) is 13.8. The fraction of sp³-hybridized carbons (Fsp3) is 0. The first-order chi connectivity index (χ1) is 10.0. The summed E-state index contributed by atoms with van der Waals surface area (Å²) in [6.45, 7) is 0. The molecule has 2 aromatic carbocycles. The van der Waals surface area contributed by atoms with Gasteiger partial charge in [-0.25, -0.2) is 0 Å². The molecular formula is C13H10BrClN6. The van der Waals surface area contributed by atoms with Crippen LogP contribution < -0.4 is 11.5 Å². The molecule has 0 aliphatic carbocycles. The van der Waals surface area contributed by atoms with Crippen molar-refractivity contribution in [2.75, 3.05) is 11.5 Å². The molecule has 0 spiro atoms. The Bertz CT molecular complexity index is 796. The summed E-state index contributed by atoms with van der Waals surface area (Å²) < 4.78 is 2.35. The number of rotatable bonds is 2. The maximum Gasteiger partial charge on any atom is 0.187 e. The van der Waals surface area contributed by atoms with Crippen molar-refractivity contribution < 1.29 is 0 Å². The predicted octanol–water partition coefficient (Wildman–Crippen LogP) is 2.91. The van der Waals surface area contributed by atoms with E-state index in [0.29, 0.717) is 22.2 Å². The molecule has 0 unspecified atom stereocenters. The minimum Gasteiger partial charge on any atom is -0.399 e. The molecule has 3 aromatic rings. The van der Waals surface area contributed by atoms with Gasteiger partial charge in [0.15, 0.2) is 5.82 Å².